The van der Waals surface area contributed by atoms with Gasteiger partial charge in [0.1, 0.15) is 4.99 Å². The van der Waals surface area contributed by atoms with E-state index in [1.807, 2.05) is 6.92 Å². The lowest BCUT2D eigenvalue weighted by Crippen LogP contribution is -2.38. The third-order valence-corrected chi connectivity index (χ3v) is 5.23. The lowest BCUT2D eigenvalue weighted by Gasteiger charge is -2.19. The zero-order chi connectivity index (χ0) is 14.8. The van der Waals surface area contributed by atoms with E-state index < -0.39 is 10.0 Å². The van der Waals surface area contributed by atoms with E-state index in [1.165, 1.54) is 12.1 Å². The average Bonchev–Trinajstić information content (AvgIpc) is 2.92. The maximum atomic E-state index is 12.3. The molecule has 1 aromatic carbocycles. The number of hydrogen-bond donors (Lipinski definition) is 2. The molecule has 7 heteroatoms. The minimum absolute atomic E-state index is 0.170. The molecule has 1 saturated heterocycles. The van der Waals surface area contributed by atoms with Gasteiger partial charge in [0.25, 0.3) is 0 Å². The van der Waals surface area contributed by atoms with E-state index in [2.05, 4.69) is 4.72 Å². The Kier molecular flexibility index (Phi) is 4.74. The fraction of sp³-hybridized carbons (Fsp3) is 0.462. The Labute approximate surface area is 124 Å². The van der Waals surface area contributed by atoms with Crippen molar-refractivity contribution in [3.8, 4) is 0 Å². The Balaban J connectivity index is 2.17. The molecule has 0 saturated carbocycles. The summed E-state index contributed by atoms with van der Waals surface area (Å²) in [7, 11) is -3.57. The monoisotopic (exact) mass is 314 g/mol. The standard InChI is InChI=1S/C13H18N2O3S2/c1-9(11-5-6-18-8-11)15-20(16,17)12-4-2-3-10(7-12)13(14)19/h2-4,7,9,11,15H,5-6,8H2,1H3,(H2,14,19). The highest BCUT2D eigenvalue weighted by atomic mass is 32.2. The first kappa shape index (κ1) is 15.4. The van der Waals surface area contributed by atoms with Crippen molar-refractivity contribution in [1.29, 1.82) is 0 Å². The molecule has 0 aliphatic carbocycles. The van der Waals surface area contributed by atoms with Crippen molar-refractivity contribution < 1.29 is 13.2 Å². The summed E-state index contributed by atoms with van der Waals surface area (Å²) >= 11 is 4.87. The first-order valence-electron chi connectivity index (χ1n) is 6.40. The minimum Gasteiger partial charge on any atom is -0.389 e. The fourth-order valence-electron chi connectivity index (χ4n) is 2.17. The summed E-state index contributed by atoms with van der Waals surface area (Å²) in [4.78, 5) is 0.354. The van der Waals surface area contributed by atoms with E-state index in [0.29, 0.717) is 18.8 Å². The van der Waals surface area contributed by atoms with Crippen LogP contribution in [0.1, 0.15) is 18.9 Å². The molecule has 1 heterocycles. The van der Waals surface area contributed by atoms with Crippen LogP contribution in [0.4, 0.5) is 0 Å². The number of nitrogens with two attached hydrogens (primary N) is 1. The summed E-state index contributed by atoms with van der Waals surface area (Å²) in [6.45, 7) is 3.14. The van der Waals surface area contributed by atoms with Gasteiger partial charge in [0.05, 0.1) is 11.5 Å². The number of hydrogen-bond acceptors (Lipinski definition) is 4. The Morgan fingerprint density at radius 2 is 2.30 bits per heavy atom. The van der Waals surface area contributed by atoms with Crippen molar-refractivity contribution in [2.24, 2.45) is 11.7 Å². The molecule has 2 rings (SSSR count). The Bertz CT molecular complexity index is 595. The maximum absolute atomic E-state index is 12.3. The third kappa shape index (κ3) is 3.54. The summed E-state index contributed by atoms with van der Waals surface area (Å²) in [6, 6.07) is 6.17. The minimum atomic E-state index is -3.57. The maximum Gasteiger partial charge on any atom is 0.240 e. The number of ether oxygens (including phenoxy) is 1. The summed E-state index contributed by atoms with van der Waals surface area (Å²) < 4.78 is 32.6. The van der Waals surface area contributed by atoms with Crippen molar-refractivity contribution in [3.05, 3.63) is 29.8 Å². The average molecular weight is 314 g/mol. The molecular weight excluding hydrogens is 296 g/mol. The zero-order valence-electron chi connectivity index (χ0n) is 11.2. The molecule has 20 heavy (non-hydrogen) atoms. The van der Waals surface area contributed by atoms with Gasteiger partial charge in [-0.3, -0.25) is 0 Å². The van der Waals surface area contributed by atoms with E-state index in [1.54, 1.807) is 12.1 Å². The highest BCUT2D eigenvalue weighted by molar-refractivity contribution is 7.89. The molecule has 1 fully saturated rings. The highest BCUT2D eigenvalue weighted by Crippen LogP contribution is 2.19. The van der Waals surface area contributed by atoms with Crippen LogP contribution in [0.3, 0.4) is 0 Å². The number of thiocarbonyl (C=S) groups is 1. The van der Waals surface area contributed by atoms with E-state index in [-0.39, 0.29) is 21.8 Å². The fourth-order valence-corrected chi connectivity index (χ4v) is 3.66. The van der Waals surface area contributed by atoms with Gasteiger partial charge in [-0.05, 0) is 25.5 Å². The van der Waals surface area contributed by atoms with Crippen molar-refractivity contribution in [3.63, 3.8) is 0 Å². The van der Waals surface area contributed by atoms with Crippen LogP contribution in [-0.4, -0.2) is 32.7 Å². The number of nitrogens with one attached hydrogen (secondary N) is 1. The van der Waals surface area contributed by atoms with Gasteiger partial charge in [-0.1, -0.05) is 24.4 Å². The predicted molar refractivity (Wildman–Crippen MR) is 81.0 cm³/mol. The predicted octanol–water partition coefficient (Wildman–Crippen LogP) is 1.02. The molecule has 2 atom stereocenters. The van der Waals surface area contributed by atoms with Crippen molar-refractivity contribution in [2.45, 2.75) is 24.3 Å². The van der Waals surface area contributed by atoms with Crippen LogP contribution in [0.5, 0.6) is 0 Å². The Hall–Kier alpha value is -1.02. The van der Waals surface area contributed by atoms with Crippen LogP contribution < -0.4 is 10.5 Å². The molecule has 0 amide bonds. The van der Waals surface area contributed by atoms with Gasteiger partial charge < -0.3 is 10.5 Å². The lowest BCUT2D eigenvalue weighted by atomic mass is 10.0. The summed E-state index contributed by atoms with van der Waals surface area (Å²) in [6.07, 6.45) is 0.872. The Morgan fingerprint density at radius 1 is 1.55 bits per heavy atom. The molecular formula is C13H18N2O3S2. The van der Waals surface area contributed by atoms with Gasteiger partial charge in [0, 0.05) is 24.1 Å². The van der Waals surface area contributed by atoms with Crippen molar-refractivity contribution in [1.82, 2.24) is 4.72 Å². The SMILES string of the molecule is CC(NS(=O)(=O)c1cccc(C(N)=S)c1)C1CCOC1. The molecule has 0 aromatic heterocycles. The first-order valence-corrected chi connectivity index (χ1v) is 8.29. The summed E-state index contributed by atoms with van der Waals surface area (Å²) in [5, 5.41) is 0. The van der Waals surface area contributed by atoms with Gasteiger partial charge >= 0.3 is 0 Å². The van der Waals surface area contributed by atoms with Crippen LogP contribution in [0.25, 0.3) is 0 Å². The van der Waals surface area contributed by atoms with E-state index >= 15 is 0 Å². The van der Waals surface area contributed by atoms with Gasteiger partial charge in [-0.25, -0.2) is 13.1 Å². The Morgan fingerprint density at radius 3 is 2.90 bits per heavy atom. The van der Waals surface area contributed by atoms with Crippen molar-refractivity contribution >= 4 is 27.2 Å². The zero-order valence-corrected chi connectivity index (χ0v) is 12.8. The smallest absolute Gasteiger partial charge is 0.240 e. The molecule has 110 valence electrons. The van der Waals surface area contributed by atoms with E-state index in [4.69, 9.17) is 22.7 Å². The lowest BCUT2D eigenvalue weighted by molar-refractivity contribution is 0.180. The molecule has 1 aliphatic rings. The second-order valence-corrected chi connectivity index (χ2v) is 7.08. The molecule has 0 bridgehead atoms. The van der Waals surface area contributed by atoms with Gasteiger partial charge in [0.2, 0.25) is 10.0 Å². The number of sulfonamides is 1. The second-order valence-electron chi connectivity index (χ2n) is 4.93. The largest absolute Gasteiger partial charge is 0.389 e. The molecule has 3 N–H and O–H groups in total. The molecule has 0 spiro atoms. The second kappa shape index (κ2) is 6.17. The quantitative estimate of drug-likeness (QED) is 0.793. The normalized spacial score (nSPS) is 20.8. The first-order chi connectivity index (χ1) is 9.40. The van der Waals surface area contributed by atoms with Gasteiger partial charge in [-0.15, -0.1) is 0 Å². The summed E-state index contributed by atoms with van der Waals surface area (Å²) in [5.74, 6) is 0.212. The number of rotatable bonds is 5. The van der Waals surface area contributed by atoms with Gasteiger partial charge in [-0.2, -0.15) is 0 Å². The topological polar surface area (TPSA) is 81.4 Å². The third-order valence-electron chi connectivity index (χ3n) is 3.44. The van der Waals surface area contributed by atoms with Gasteiger partial charge in [0.15, 0.2) is 0 Å². The van der Waals surface area contributed by atoms with Crippen LogP contribution in [-0.2, 0) is 14.8 Å². The summed E-state index contributed by atoms with van der Waals surface area (Å²) in [5.41, 5.74) is 6.07. The highest BCUT2D eigenvalue weighted by Gasteiger charge is 2.26. The van der Waals surface area contributed by atoms with E-state index in [9.17, 15) is 8.42 Å². The van der Waals surface area contributed by atoms with Crippen molar-refractivity contribution in [2.75, 3.05) is 13.2 Å². The molecule has 2 unspecified atom stereocenters. The van der Waals surface area contributed by atoms with E-state index in [0.717, 1.165) is 6.42 Å². The van der Waals surface area contributed by atoms with Crippen LogP contribution in [0.15, 0.2) is 29.2 Å². The van der Waals surface area contributed by atoms with Crippen LogP contribution >= 0.6 is 12.2 Å². The molecule has 1 aliphatic heterocycles. The number of benzene rings is 1. The molecule has 5 nitrogen and oxygen atoms in total. The van der Waals surface area contributed by atoms with Crippen LogP contribution in [0, 0.1) is 5.92 Å². The molecule has 0 radical (unpaired) electrons. The van der Waals surface area contributed by atoms with Crippen LogP contribution in [0.2, 0.25) is 0 Å². The molecule has 1 aromatic rings.